The maximum atomic E-state index is 5.86. The molecule has 0 aliphatic carbocycles. The summed E-state index contributed by atoms with van der Waals surface area (Å²) in [5, 5.41) is 2.67. The van der Waals surface area contributed by atoms with Gasteiger partial charge in [0.1, 0.15) is 0 Å². The molecule has 0 amide bonds. The fourth-order valence-corrected chi connectivity index (χ4v) is 1.90. The molecule has 2 rings (SSSR count). The van der Waals surface area contributed by atoms with Gasteiger partial charge in [-0.05, 0) is 30.7 Å². The number of nitrogens with zero attached hydrogens (tertiary/aromatic N) is 1. The Bertz CT molecular complexity index is 529. The molecular formula is C18H23ClN2. The van der Waals surface area contributed by atoms with Gasteiger partial charge >= 0.3 is 0 Å². The van der Waals surface area contributed by atoms with Crippen molar-refractivity contribution in [2.45, 2.75) is 26.8 Å². The smallest absolute Gasteiger partial charge is 0.0674 e. The second-order valence-corrected chi connectivity index (χ2v) is 4.76. The van der Waals surface area contributed by atoms with Crippen molar-refractivity contribution in [3.05, 3.63) is 78.0 Å². The average molecular weight is 303 g/mol. The van der Waals surface area contributed by atoms with Gasteiger partial charge in [0.15, 0.2) is 0 Å². The van der Waals surface area contributed by atoms with Crippen molar-refractivity contribution in [1.29, 1.82) is 0 Å². The molecule has 1 aliphatic rings. The Morgan fingerprint density at radius 2 is 1.95 bits per heavy atom. The van der Waals surface area contributed by atoms with Gasteiger partial charge in [-0.15, -0.1) is 0 Å². The summed E-state index contributed by atoms with van der Waals surface area (Å²) >= 11 is 5.86. The van der Waals surface area contributed by atoms with Crippen LogP contribution in [0.4, 0.5) is 5.69 Å². The van der Waals surface area contributed by atoms with E-state index in [1.807, 2.05) is 49.2 Å². The number of benzene rings is 1. The highest BCUT2D eigenvalue weighted by atomic mass is 35.5. The predicted octanol–water partition coefficient (Wildman–Crippen LogP) is 5.17. The topological polar surface area (TPSA) is 15.3 Å². The lowest BCUT2D eigenvalue weighted by molar-refractivity contribution is 0.712. The maximum Gasteiger partial charge on any atom is 0.0674 e. The Morgan fingerprint density at radius 3 is 2.57 bits per heavy atom. The van der Waals surface area contributed by atoms with Gasteiger partial charge in [0.05, 0.1) is 11.7 Å². The van der Waals surface area contributed by atoms with E-state index in [0.717, 1.165) is 5.69 Å². The molecule has 112 valence electrons. The third-order valence-corrected chi connectivity index (χ3v) is 3.17. The van der Waals surface area contributed by atoms with Gasteiger partial charge < -0.3 is 0 Å². The SMILES string of the molecule is C=C/C(Cl)=C\C=C\C1NN(c2ccccc2)C=C1C.CC. The molecule has 0 radical (unpaired) electrons. The summed E-state index contributed by atoms with van der Waals surface area (Å²) in [5.74, 6) is 0. The summed E-state index contributed by atoms with van der Waals surface area (Å²) in [7, 11) is 0. The highest BCUT2D eigenvalue weighted by molar-refractivity contribution is 6.31. The monoisotopic (exact) mass is 302 g/mol. The van der Waals surface area contributed by atoms with E-state index in [9.17, 15) is 0 Å². The number of para-hydroxylation sites is 1. The lowest BCUT2D eigenvalue weighted by Gasteiger charge is -2.18. The normalized spacial score (nSPS) is 18.3. The minimum Gasteiger partial charge on any atom is -0.283 e. The van der Waals surface area contributed by atoms with Crippen LogP contribution in [-0.4, -0.2) is 6.04 Å². The van der Waals surface area contributed by atoms with E-state index >= 15 is 0 Å². The van der Waals surface area contributed by atoms with Crippen LogP contribution >= 0.6 is 11.6 Å². The van der Waals surface area contributed by atoms with Crippen LogP contribution < -0.4 is 10.4 Å². The van der Waals surface area contributed by atoms with E-state index in [1.165, 1.54) is 5.57 Å². The Hall–Kier alpha value is -1.77. The largest absolute Gasteiger partial charge is 0.283 e. The highest BCUT2D eigenvalue weighted by Gasteiger charge is 2.18. The van der Waals surface area contributed by atoms with Crippen LogP contribution in [0, 0.1) is 0 Å². The van der Waals surface area contributed by atoms with E-state index in [-0.39, 0.29) is 6.04 Å². The maximum absolute atomic E-state index is 5.86. The van der Waals surface area contributed by atoms with Gasteiger partial charge in [-0.3, -0.25) is 5.01 Å². The highest BCUT2D eigenvalue weighted by Crippen LogP contribution is 2.20. The molecular weight excluding hydrogens is 280 g/mol. The summed E-state index contributed by atoms with van der Waals surface area (Å²) < 4.78 is 0. The molecule has 1 aromatic rings. The second-order valence-electron chi connectivity index (χ2n) is 4.33. The summed E-state index contributed by atoms with van der Waals surface area (Å²) in [5.41, 5.74) is 5.78. The van der Waals surface area contributed by atoms with Crippen molar-refractivity contribution in [1.82, 2.24) is 5.43 Å². The van der Waals surface area contributed by atoms with Crippen molar-refractivity contribution >= 4 is 17.3 Å². The van der Waals surface area contributed by atoms with Crippen LogP contribution in [0.5, 0.6) is 0 Å². The van der Waals surface area contributed by atoms with Gasteiger partial charge in [0.25, 0.3) is 0 Å². The minimum atomic E-state index is 0.186. The van der Waals surface area contributed by atoms with Gasteiger partial charge in [-0.25, -0.2) is 5.43 Å². The minimum absolute atomic E-state index is 0.186. The third kappa shape index (κ3) is 5.25. The molecule has 1 N–H and O–H groups in total. The van der Waals surface area contributed by atoms with Crippen LogP contribution in [0.2, 0.25) is 0 Å². The van der Waals surface area contributed by atoms with Crippen molar-refractivity contribution < 1.29 is 0 Å². The fourth-order valence-electron chi connectivity index (χ4n) is 1.83. The quantitative estimate of drug-likeness (QED) is 0.771. The van der Waals surface area contributed by atoms with Crippen molar-refractivity contribution in [3.63, 3.8) is 0 Å². The number of hydrogen-bond donors (Lipinski definition) is 1. The second kappa shape index (κ2) is 9.22. The zero-order chi connectivity index (χ0) is 15.7. The Balaban J connectivity index is 0.00000106. The van der Waals surface area contributed by atoms with E-state index in [1.54, 1.807) is 6.08 Å². The molecule has 2 nitrogen and oxygen atoms in total. The molecule has 0 spiro atoms. The van der Waals surface area contributed by atoms with E-state index < -0.39 is 0 Å². The number of hydrazine groups is 1. The van der Waals surface area contributed by atoms with Crippen LogP contribution in [0.1, 0.15) is 20.8 Å². The van der Waals surface area contributed by atoms with Crippen molar-refractivity contribution in [2.75, 3.05) is 5.01 Å². The Kier molecular flexibility index (Phi) is 7.59. The molecule has 1 atom stereocenters. The molecule has 3 heteroatoms. The number of allylic oxidation sites excluding steroid dienone is 4. The third-order valence-electron chi connectivity index (χ3n) is 2.89. The summed E-state index contributed by atoms with van der Waals surface area (Å²) in [6, 6.07) is 10.4. The summed E-state index contributed by atoms with van der Waals surface area (Å²) in [6.07, 6.45) is 9.55. The number of halogens is 1. The number of hydrogen-bond acceptors (Lipinski definition) is 2. The first-order valence-corrected chi connectivity index (χ1v) is 7.53. The van der Waals surface area contributed by atoms with E-state index in [2.05, 4.69) is 43.3 Å². The predicted molar refractivity (Wildman–Crippen MR) is 94.2 cm³/mol. The van der Waals surface area contributed by atoms with Crippen LogP contribution in [0.25, 0.3) is 0 Å². The fraction of sp³-hybridized carbons (Fsp3) is 0.222. The molecule has 0 fully saturated rings. The first-order chi connectivity index (χ1) is 10.2. The molecule has 0 bridgehead atoms. The van der Waals surface area contributed by atoms with E-state index in [0.29, 0.717) is 5.03 Å². The Labute approximate surface area is 133 Å². The van der Waals surface area contributed by atoms with Crippen molar-refractivity contribution in [3.8, 4) is 0 Å². The number of rotatable bonds is 4. The van der Waals surface area contributed by atoms with Gasteiger partial charge in [0.2, 0.25) is 0 Å². The molecule has 0 saturated carbocycles. The summed E-state index contributed by atoms with van der Waals surface area (Å²) in [6.45, 7) is 9.71. The number of anilines is 1. The number of nitrogens with one attached hydrogen (secondary N) is 1. The standard InChI is InChI=1S/C16H17ClN2.C2H6/c1-3-14(17)8-7-11-16-13(2)12-19(18-16)15-9-5-4-6-10-15;1-2/h3-12,16,18H,1H2,2H3;1-2H3/b11-7+,14-8+;. The average Bonchev–Trinajstić information content (AvgIpc) is 2.91. The first-order valence-electron chi connectivity index (χ1n) is 7.16. The Morgan fingerprint density at radius 1 is 1.29 bits per heavy atom. The lowest BCUT2D eigenvalue weighted by Crippen LogP contribution is -2.34. The lowest BCUT2D eigenvalue weighted by atomic mass is 10.1. The van der Waals surface area contributed by atoms with Crippen LogP contribution in [0.3, 0.4) is 0 Å². The molecule has 1 aromatic carbocycles. The zero-order valence-electron chi connectivity index (χ0n) is 12.9. The van der Waals surface area contributed by atoms with Crippen LogP contribution in [-0.2, 0) is 0 Å². The zero-order valence-corrected chi connectivity index (χ0v) is 13.6. The summed E-state index contributed by atoms with van der Waals surface area (Å²) in [4.78, 5) is 0. The molecule has 1 unspecified atom stereocenters. The van der Waals surface area contributed by atoms with Crippen molar-refractivity contribution in [2.24, 2.45) is 0 Å². The molecule has 1 heterocycles. The molecule has 0 aromatic heterocycles. The molecule has 0 saturated heterocycles. The van der Waals surface area contributed by atoms with Crippen LogP contribution in [0.15, 0.2) is 78.0 Å². The molecule has 1 aliphatic heterocycles. The van der Waals surface area contributed by atoms with E-state index in [4.69, 9.17) is 11.6 Å². The first kappa shape index (κ1) is 17.3. The molecule has 21 heavy (non-hydrogen) atoms. The van der Waals surface area contributed by atoms with Gasteiger partial charge in [-0.1, -0.05) is 68.5 Å². The van der Waals surface area contributed by atoms with Gasteiger partial charge in [-0.2, -0.15) is 0 Å². The van der Waals surface area contributed by atoms with Gasteiger partial charge in [0, 0.05) is 11.2 Å².